The highest BCUT2D eigenvalue weighted by Gasteiger charge is 2.52. The van der Waals surface area contributed by atoms with Gasteiger partial charge in [-0.15, -0.1) is 0 Å². The van der Waals surface area contributed by atoms with Gasteiger partial charge in [0.2, 0.25) is 0 Å². The highest BCUT2D eigenvalue weighted by atomic mass is 15.1. The molecule has 0 fully saturated rings. The number of benzene rings is 8. The zero-order chi connectivity index (χ0) is 42.1. The van der Waals surface area contributed by atoms with Gasteiger partial charge in [0.15, 0.2) is 0 Å². The molecule has 3 aliphatic rings. The van der Waals surface area contributed by atoms with E-state index in [1.807, 2.05) is 0 Å². The molecule has 0 bridgehead atoms. The van der Waals surface area contributed by atoms with Gasteiger partial charge in [-0.3, -0.25) is 0 Å². The SMILES string of the molecule is CC(C)(C)c1ccc2c(c1)C1(c3ccccc3-c3cc(N(c4ccc5c(c4)C(C)(C)c4ccccc4-5)c4ccccc4-c4ccccc4)ccc31)c1cc(C(C)(C)C)ccc1-2. The van der Waals surface area contributed by atoms with Crippen LogP contribution in [0.1, 0.15) is 99.9 Å². The van der Waals surface area contributed by atoms with Crippen LogP contribution in [0.4, 0.5) is 17.1 Å². The fourth-order valence-electron chi connectivity index (χ4n) is 11.0. The minimum Gasteiger partial charge on any atom is -0.310 e. The van der Waals surface area contributed by atoms with Gasteiger partial charge in [0.05, 0.1) is 11.1 Å². The number of hydrogen-bond acceptors (Lipinski definition) is 1. The van der Waals surface area contributed by atoms with E-state index in [1.54, 1.807) is 0 Å². The highest BCUT2D eigenvalue weighted by molar-refractivity contribution is 5.98. The zero-order valence-corrected chi connectivity index (χ0v) is 36.7. The van der Waals surface area contributed by atoms with E-state index in [-0.39, 0.29) is 16.2 Å². The van der Waals surface area contributed by atoms with Gasteiger partial charge in [0.25, 0.3) is 0 Å². The van der Waals surface area contributed by atoms with Crippen LogP contribution in [0.2, 0.25) is 0 Å². The van der Waals surface area contributed by atoms with Crippen molar-refractivity contribution in [3.05, 3.63) is 220 Å². The van der Waals surface area contributed by atoms with Crippen molar-refractivity contribution >= 4 is 17.1 Å². The average molecular weight is 788 g/mol. The lowest BCUT2D eigenvalue weighted by Gasteiger charge is -2.33. The van der Waals surface area contributed by atoms with E-state index in [0.717, 1.165) is 17.1 Å². The van der Waals surface area contributed by atoms with Crippen LogP contribution in [0, 0.1) is 0 Å². The zero-order valence-electron chi connectivity index (χ0n) is 36.7. The lowest BCUT2D eigenvalue weighted by molar-refractivity contribution is 0.586. The van der Waals surface area contributed by atoms with E-state index in [2.05, 4.69) is 236 Å². The second-order valence-electron chi connectivity index (χ2n) is 20.2. The first kappa shape index (κ1) is 37.6. The number of para-hydroxylation sites is 1. The molecular weight excluding hydrogens is 735 g/mol. The molecular formula is C60H53N. The first-order chi connectivity index (χ1) is 29.3. The van der Waals surface area contributed by atoms with Crippen LogP contribution < -0.4 is 4.90 Å². The van der Waals surface area contributed by atoms with Gasteiger partial charge in [-0.2, -0.15) is 0 Å². The Morgan fingerprint density at radius 2 is 0.803 bits per heavy atom. The van der Waals surface area contributed by atoms with Crippen LogP contribution >= 0.6 is 0 Å². The Balaban J connectivity index is 1.19. The minimum absolute atomic E-state index is 0.00478. The summed E-state index contributed by atoms with van der Waals surface area (Å²) in [5, 5.41) is 0. The second-order valence-corrected chi connectivity index (χ2v) is 20.2. The smallest absolute Gasteiger partial charge is 0.0725 e. The minimum atomic E-state index is -0.451. The summed E-state index contributed by atoms with van der Waals surface area (Å²) < 4.78 is 0. The first-order valence-corrected chi connectivity index (χ1v) is 22.0. The number of hydrogen-bond donors (Lipinski definition) is 0. The van der Waals surface area contributed by atoms with Crippen LogP contribution in [0.5, 0.6) is 0 Å². The molecule has 11 rings (SSSR count). The lowest BCUT2D eigenvalue weighted by Crippen LogP contribution is -2.27. The van der Waals surface area contributed by atoms with Crippen molar-refractivity contribution in [1.82, 2.24) is 0 Å². The van der Waals surface area contributed by atoms with Gasteiger partial charge < -0.3 is 4.90 Å². The van der Waals surface area contributed by atoms with Gasteiger partial charge in [-0.1, -0.05) is 201 Å². The third-order valence-electron chi connectivity index (χ3n) is 14.2. The molecule has 3 aliphatic carbocycles. The van der Waals surface area contributed by atoms with Crippen LogP contribution in [-0.4, -0.2) is 0 Å². The molecule has 0 radical (unpaired) electrons. The Kier molecular flexibility index (Phi) is 8.02. The summed E-state index contributed by atoms with van der Waals surface area (Å²) in [4.78, 5) is 2.52. The van der Waals surface area contributed by atoms with E-state index in [1.165, 1.54) is 89.0 Å². The Morgan fingerprint density at radius 3 is 1.44 bits per heavy atom. The topological polar surface area (TPSA) is 3.24 Å². The molecule has 61 heavy (non-hydrogen) atoms. The normalized spacial score (nSPS) is 14.8. The Bertz CT molecular complexity index is 3010. The van der Waals surface area contributed by atoms with Crippen LogP contribution in [0.25, 0.3) is 44.5 Å². The van der Waals surface area contributed by atoms with Gasteiger partial charge >= 0.3 is 0 Å². The van der Waals surface area contributed by atoms with Crippen molar-refractivity contribution in [2.45, 2.75) is 77.0 Å². The van der Waals surface area contributed by atoms with Crippen molar-refractivity contribution in [2.75, 3.05) is 4.90 Å². The van der Waals surface area contributed by atoms with E-state index in [9.17, 15) is 0 Å². The van der Waals surface area contributed by atoms with Gasteiger partial charge in [-0.25, -0.2) is 0 Å². The van der Waals surface area contributed by atoms with Crippen molar-refractivity contribution in [2.24, 2.45) is 0 Å². The summed E-state index contributed by atoms with van der Waals surface area (Å²) in [6.07, 6.45) is 0. The van der Waals surface area contributed by atoms with Gasteiger partial charge in [0, 0.05) is 22.4 Å². The molecule has 0 heterocycles. The maximum Gasteiger partial charge on any atom is 0.0725 e. The number of nitrogens with zero attached hydrogens (tertiary/aromatic N) is 1. The Morgan fingerprint density at radius 1 is 0.344 bits per heavy atom. The highest BCUT2D eigenvalue weighted by Crippen LogP contribution is 2.64. The molecule has 0 saturated heterocycles. The summed E-state index contributed by atoms with van der Waals surface area (Å²) in [7, 11) is 0. The van der Waals surface area contributed by atoms with Crippen molar-refractivity contribution in [3.8, 4) is 44.5 Å². The molecule has 8 aromatic carbocycles. The third-order valence-corrected chi connectivity index (χ3v) is 14.2. The van der Waals surface area contributed by atoms with Crippen molar-refractivity contribution < 1.29 is 0 Å². The van der Waals surface area contributed by atoms with E-state index in [0.29, 0.717) is 0 Å². The fraction of sp³-hybridized carbons (Fsp3) is 0.200. The molecule has 1 heteroatoms. The maximum atomic E-state index is 2.54. The number of anilines is 3. The number of rotatable bonds is 4. The molecule has 0 saturated carbocycles. The predicted octanol–water partition coefficient (Wildman–Crippen LogP) is 16.1. The van der Waals surface area contributed by atoms with Gasteiger partial charge in [-0.05, 0) is 125 Å². The number of fused-ring (bicyclic) bond motifs is 13. The molecule has 0 aliphatic heterocycles. The summed E-state index contributed by atoms with van der Waals surface area (Å²) in [6, 6.07) is 67.1. The molecule has 0 unspecified atom stereocenters. The van der Waals surface area contributed by atoms with Crippen LogP contribution in [-0.2, 0) is 21.7 Å². The second kappa shape index (κ2) is 13.0. The molecule has 0 amide bonds. The fourth-order valence-corrected chi connectivity index (χ4v) is 11.0. The monoisotopic (exact) mass is 787 g/mol. The van der Waals surface area contributed by atoms with Crippen LogP contribution in [0.3, 0.4) is 0 Å². The molecule has 8 aromatic rings. The predicted molar refractivity (Wildman–Crippen MR) is 258 cm³/mol. The Hall–Kier alpha value is -6.44. The molecule has 0 N–H and O–H groups in total. The van der Waals surface area contributed by atoms with Gasteiger partial charge in [0.1, 0.15) is 0 Å². The maximum absolute atomic E-state index is 2.54. The summed E-state index contributed by atoms with van der Waals surface area (Å²) >= 11 is 0. The molecule has 0 aromatic heterocycles. The van der Waals surface area contributed by atoms with Crippen molar-refractivity contribution in [3.63, 3.8) is 0 Å². The molecule has 1 nitrogen and oxygen atoms in total. The van der Waals surface area contributed by atoms with E-state index >= 15 is 0 Å². The van der Waals surface area contributed by atoms with Crippen molar-refractivity contribution in [1.29, 1.82) is 0 Å². The molecule has 298 valence electrons. The third kappa shape index (κ3) is 5.39. The lowest BCUT2D eigenvalue weighted by atomic mass is 9.69. The first-order valence-electron chi connectivity index (χ1n) is 22.0. The summed E-state index contributed by atoms with van der Waals surface area (Å²) in [5.74, 6) is 0. The van der Waals surface area contributed by atoms with E-state index in [4.69, 9.17) is 0 Å². The van der Waals surface area contributed by atoms with Crippen LogP contribution in [0.15, 0.2) is 176 Å². The average Bonchev–Trinajstić information content (AvgIpc) is 3.81. The molecule has 1 spiro atoms. The summed E-state index contributed by atoms with van der Waals surface area (Å²) in [5.41, 5.74) is 24.2. The Labute approximate surface area is 362 Å². The van der Waals surface area contributed by atoms with E-state index < -0.39 is 5.41 Å². The standard InChI is InChI=1S/C60H53N/c1-57(2,3)39-26-30-47-48-31-27-40(58(4,5)6)35-55(48)60(54(47)34-39)51-24-16-13-22-45(51)49-36-41(29-33-52(49)60)61(56-25-17-14-20-43(56)38-18-10-9-11-19-38)42-28-32-46-44-21-12-15-23-50(44)59(7,8)53(46)37-42/h9-37H,1-8H3. The summed E-state index contributed by atoms with van der Waals surface area (Å²) in [6.45, 7) is 18.8. The molecule has 0 atom stereocenters. The largest absolute Gasteiger partial charge is 0.310 e. The quantitative estimate of drug-likeness (QED) is 0.172.